The fraction of sp³-hybridized carbons (Fsp3) is 0.533. The fourth-order valence-electron chi connectivity index (χ4n) is 1.67. The molecule has 92 valence electrons. The summed E-state index contributed by atoms with van der Waals surface area (Å²) in [6.45, 7) is 7.27. The number of rotatable bonds is 5. The topological polar surface area (TPSA) is 27.0 Å². The minimum Gasteiger partial charge on any atom is -0.291 e. The van der Waals surface area contributed by atoms with Crippen molar-refractivity contribution in [3.8, 4) is 6.07 Å². The van der Waals surface area contributed by atoms with Gasteiger partial charge in [-0.05, 0) is 37.4 Å². The summed E-state index contributed by atoms with van der Waals surface area (Å²) in [6.07, 6.45) is 1.00. The first-order valence-corrected chi connectivity index (χ1v) is 6.23. The highest BCUT2D eigenvalue weighted by Gasteiger charge is 2.07. The molecule has 0 fully saturated rings. The van der Waals surface area contributed by atoms with Crippen molar-refractivity contribution < 1.29 is 0 Å². The van der Waals surface area contributed by atoms with Crippen LogP contribution in [0.2, 0.25) is 0 Å². The Kier molecular flexibility index (Phi) is 5.18. The highest BCUT2D eigenvalue weighted by atomic mass is 15.1. The molecule has 1 aromatic rings. The molecule has 2 nitrogen and oxygen atoms in total. The molecule has 0 heterocycles. The first-order chi connectivity index (χ1) is 8.04. The van der Waals surface area contributed by atoms with Crippen LogP contribution in [0, 0.1) is 11.3 Å². The van der Waals surface area contributed by atoms with Crippen molar-refractivity contribution in [2.24, 2.45) is 0 Å². The molecular formula is C15H22N2. The zero-order chi connectivity index (χ0) is 12.8. The Hall–Kier alpha value is -1.33. The largest absolute Gasteiger partial charge is 0.291 e. The third-order valence-electron chi connectivity index (χ3n) is 3.25. The molecule has 0 aliphatic heterocycles. The third-order valence-corrected chi connectivity index (χ3v) is 3.25. The lowest BCUT2D eigenvalue weighted by Gasteiger charge is -2.18. The van der Waals surface area contributed by atoms with E-state index in [0.29, 0.717) is 5.92 Å². The standard InChI is InChI=1S/C15H22N2/c1-12(2)15-7-5-14(6-8-15)9-10-17(4)13(3)11-16/h5-8,12-13H,9-10H2,1-4H3. The zero-order valence-corrected chi connectivity index (χ0v) is 11.3. The van der Waals surface area contributed by atoms with E-state index in [9.17, 15) is 0 Å². The van der Waals surface area contributed by atoms with E-state index in [1.54, 1.807) is 0 Å². The molecule has 0 aliphatic carbocycles. The molecule has 0 amide bonds. The normalized spacial score (nSPS) is 12.8. The molecule has 0 bridgehead atoms. The lowest BCUT2D eigenvalue weighted by Crippen LogP contribution is -2.29. The van der Waals surface area contributed by atoms with Gasteiger partial charge in [-0.2, -0.15) is 5.26 Å². The second-order valence-electron chi connectivity index (χ2n) is 4.93. The van der Waals surface area contributed by atoms with Crippen LogP contribution >= 0.6 is 0 Å². The van der Waals surface area contributed by atoms with E-state index in [1.807, 2.05) is 14.0 Å². The van der Waals surface area contributed by atoms with Crippen LogP contribution in [0.3, 0.4) is 0 Å². The Morgan fingerprint density at radius 3 is 2.24 bits per heavy atom. The van der Waals surface area contributed by atoms with E-state index in [2.05, 4.69) is 49.1 Å². The molecule has 0 saturated heterocycles. The summed E-state index contributed by atoms with van der Waals surface area (Å²) in [7, 11) is 2.00. The predicted octanol–water partition coefficient (Wildman–Crippen LogP) is 3.20. The van der Waals surface area contributed by atoms with Gasteiger partial charge in [0.25, 0.3) is 0 Å². The minimum atomic E-state index is -0.00932. The molecule has 1 unspecified atom stereocenters. The molecular weight excluding hydrogens is 208 g/mol. The quantitative estimate of drug-likeness (QED) is 0.776. The lowest BCUT2D eigenvalue weighted by atomic mass is 10.0. The average Bonchev–Trinajstić information content (AvgIpc) is 2.35. The number of nitrogens with zero attached hydrogens (tertiary/aromatic N) is 2. The molecule has 0 saturated carbocycles. The summed E-state index contributed by atoms with van der Waals surface area (Å²) in [5, 5.41) is 8.81. The molecule has 2 heteroatoms. The van der Waals surface area contributed by atoms with Crippen LogP contribution in [0.1, 0.15) is 37.8 Å². The number of hydrogen-bond donors (Lipinski definition) is 0. The molecule has 0 radical (unpaired) electrons. The van der Waals surface area contributed by atoms with Gasteiger partial charge in [-0.1, -0.05) is 38.1 Å². The monoisotopic (exact) mass is 230 g/mol. The van der Waals surface area contributed by atoms with E-state index < -0.39 is 0 Å². The minimum absolute atomic E-state index is 0.00932. The third kappa shape index (κ3) is 4.20. The maximum absolute atomic E-state index is 8.81. The Bertz CT molecular complexity index is 373. The first-order valence-electron chi connectivity index (χ1n) is 6.23. The Balaban J connectivity index is 2.50. The van der Waals surface area contributed by atoms with Crippen molar-refractivity contribution in [2.75, 3.05) is 13.6 Å². The Labute approximate surface area is 105 Å². The van der Waals surface area contributed by atoms with Crippen LogP contribution in [0.5, 0.6) is 0 Å². The second kappa shape index (κ2) is 6.42. The SMILES string of the molecule is CC(C)c1ccc(CCN(C)C(C)C#N)cc1. The Morgan fingerprint density at radius 1 is 1.18 bits per heavy atom. The molecule has 1 atom stereocenters. The smallest absolute Gasteiger partial charge is 0.0946 e. The van der Waals surface area contributed by atoms with E-state index in [4.69, 9.17) is 5.26 Å². The van der Waals surface area contributed by atoms with Crippen LogP contribution < -0.4 is 0 Å². The average molecular weight is 230 g/mol. The summed E-state index contributed by atoms with van der Waals surface area (Å²) in [6, 6.07) is 11.0. The van der Waals surface area contributed by atoms with Crippen molar-refractivity contribution in [3.05, 3.63) is 35.4 Å². The predicted molar refractivity (Wildman–Crippen MR) is 71.9 cm³/mol. The molecule has 0 aromatic heterocycles. The van der Waals surface area contributed by atoms with Gasteiger partial charge in [-0.3, -0.25) is 4.90 Å². The van der Waals surface area contributed by atoms with Crippen LogP contribution in [-0.4, -0.2) is 24.5 Å². The van der Waals surface area contributed by atoms with Crippen molar-refractivity contribution in [1.29, 1.82) is 5.26 Å². The molecule has 0 N–H and O–H groups in total. The van der Waals surface area contributed by atoms with Gasteiger partial charge in [0, 0.05) is 6.54 Å². The highest BCUT2D eigenvalue weighted by Crippen LogP contribution is 2.15. The highest BCUT2D eigenvalue weighted by molar-refractivity contribution is 5.24. The van der Waals surface area contributed by atoms with Gasteiger partial charge in [0.05, 0.1) is 12.1 Å². The molecule has 17 heavy (non-hydrogen) atoms. The number of benzene rings is 1. The molecule has 0 aliphatic rings. The summed E-state index contributed by atoms with van der Waals surface area (Å²) in [4.78, 5) is 2.08. The molecule has 1 rings (SSSR count). The van der Waals surface area contributed by atoms with Crippen LogP contribution in [0.25, 0.3) is 0 Å². The van der Waals surface area contributed by atoms with Crippen LogP contribution in [0.15, 0.2) is 24.3 Å². The summed E-state index contributed by atoms with van der Waals surface area (Å²) in [5.41, 5.74) is 2.72. The number of likely N-dealkylation sites (N-methyl/N-ethyl adjacent to an activating group) is 1. The maximum atomic E-state index is 8.81. The van der Waals surface area contributed by atoms with Crippen molar-refractivity contribution in [3.63, 3.8) is 0 Å². The summed E-state index contributed by atoms with van der Waals surface area (Å²) >= 11 is 0. The van der Waals surface area contributed by atoms with E-state index in [0.717, 1.165) is 13.0 Å². The maximum Gasteiger partial charge on any atom is 0.0946 e. The van der Waals surface area contributed by atoms with Gasteiger partial charge in [-0.25, -0.2) is 0 Å². The van der Waals surface area contributed by atoms with Gasteiger partial charge >= 0.3 is 0 Å². The van der Waals surface area contributed by atoms with Gasteiger partial charge in [0.1, 0.15) is 0 Å². The van der Waals surface area contributed by atoms with E-state index in [-0.39, 0.29) is 6.04 Å². The first kappa shape index (κ1) is 13.7. The summed E-state index contributed by atoms with van der Waals surface area (Å²) < 4.78 is 0. The van der Waals surface area contributed by atoms with Crippen molar-refractivity contribution in [2.45, 2.75) is 39.2 Å². The Morgan fingerprint density at radius 2 is 1.76 bits per heavy atom. The molecule has 0 spiro atoms. The van der Waals surface area contributed by atoms with Crippen LogP contribution in [0.4, 0.5) is 0 Å². The van der Waals surface area contributed by atoms with Gasteiger partial charge in [-0.15, -0.1) is 0 Å². The van der Waals surface area contributed by atoms with Crippen LogP contribution in [-0.2, 0) is 6.42 Å². The number of nitriles is 1. The summed E-state index contributed by atoms with van der Waals surface area (Å²) in [5.74, 6) is 0.588. The zero-order valence-electron chi connectivity index (χ0n) is 11.3. The molecule has 1 aromatic carbocycles. The van der Waals surface area contributed by atoms with Gasteiger partial charge in [0.2, 0.25) is 0 Å². The second-order valence-corrected chi connectivity index (χ2v) is 4.93. The fourth-order valence-corrected chi connectivity index (χ4v) is 1.67. The number of hydrogen-bond acceptors (Lipinski definition) is 2. The lowest BCUT2D eigenvalue weighted by molar-refractivity contribution is 0.306. The van der Waals surface area contributed by atoms with Crippen molar-refractivity contribution >= 4 is 0 Å². The van der Waals surface area contributed by atoms with E-state index in [1.165, 1.54) is 11.1 Å². The van der Waals surface area contributed by atoms with E-state index >= 15 is 0 Å². The van der Waals surface area contributed by atoms with Crippen molar-refractivity contribution in [1.82, 2.24) is 4.90 Å². The van der Waals surface area contributed by atoms with Gasteiger partial charge < -0.3 is 0 Å². The van der Waals surface area contributed by atoms with Gasteiger partial charge in [0.15, 0.2) is 0 Å².